The zero-order valence-electron chi connectivity index (χ0n) is 14.1. The van der Waals surface area contributed by atoms with Crippen molar-refractivity contribution in [1.29, 1.82) is 0 Å². The number of piperidine rings is 2. The fraction of sp³-hybridized carbons (Fsp3) is 0.556. The smallest absolute Gasteiger partial charge is 0.247 e. The van der Waals surface area contributed by atoms with Gasteiger partial charge in [0, 0.05) is 37.4 Å². The Balaban J connectivity index is 1.44. The molecule has 1 aromatic carbocycles. The maximum atomic E-state index is 12.0. The molecule has 0 aromatic heterocycles. The van der Waals surface area contributed by atoms with Crippen molar-refractivity contribution in [1.82, 2.24) is 10.4 Å². The zero-order chi connectivity index (χ0) is 17.4. The van der Waals surface area contributed by atoms with Crippen molar-refractivity contribution < 1.29 is 19.5 Å². The van der Waals surface area contributed by atoms with Gasteiger partial charge in [0.2, 0.25) is 11.8 Å². The number of carbonyl (C=O) groups is 2. The molecule has 0 saturated carbocycles. The third-order valence-corrected chi connectivity index (χ3v) is 5.38. The molecule has 7 heteroatoms. The number of aliphatic hydroxyl groups is 1. The first kappa shape index (κ1) is 16.4. The van der Waals surface area contributed by atoms with E-state index in [0.717, 1.165) is 42.9 Å². The number of hydrogen-bond donors (Lipinski definition) is 2. The normalized spacial score (nSPS) is 24.8. The summed E-state index contributed by atoms with van der Waals surface area (Å²) in [7, 11) is 0. The Morgan fingerprint density at radius 1 is 1.20 bits per heavy atom. The second-order valence-electron chi connectivity index (χ2n) is 7.04. The van der Waals surface area contributed by atoms with E-state index >= 15 is 0 Å². The average molecular weight is 345 g/mol. The third-order valence-electron chi connectivity index (χ3n) is 5.38. The van der Waals surface area contributed by atoms with Gasteiger partial charge in [-0.1, -0.05) is 0 Å². The minimum absolute atomic E-state index is 0.216. The summed E-state index contributed by atoms with van der Waals surface area (Å²) in [6.45, 7) is 2.71. The van der Waals surface area contributed by atoms with Crippen LogP contribution in [0.3, 0.4) is 0 Å². The van der Waals surface area contributed by atoms with Gasteiger partial charge in [0.15, 0.2) is 5.75 Å². The van der Waals surface area contributed by atoms with Crippen LogP contribution in [0.1, 0.15) is 31.2 Å². The Kier molecular flexibility index (Phi) is 4.35. The molecule has 2 fully saturated rings. The Bertz CT molecular complexity index is 685. The van der Waals surface area contributed by atoms with E-state index in [2.05, 4.69) is 16.3 Å². The number of amides is 2. The van der Waals surface area contributed by atoms with Crippen LogP contribution in [-0.2, 0) is 16.1 Å². The highest BCUT2D eigenvalue weighted by molar-refractivity contribution is 6.00. The van der Waals surface area contributed by atoms with E-state index in [-0.39, 0.29) is 18.4 Å². The highest BCUT2D eigenvalue weighted by atomic mass is 16.7. The number of fused-ring (bicyclic) bond motifs is 1. The molecule has 2 N–H and O–H groups in total. The number of nitrogens with one attached hydrogen (secondary N) is 1. The molecule has 2 amide bonds. The molecule has 3 heterocycles. The van der Waals surface area contributed by atoms with E-state index in [4.69, 9.17) is 4.84 Å². The van der Waals surface area contributed by atoms with Gasteiger partial charge in [-0.3, -0.25) is 14.9 Å². The van der Waals surface area contributed by atoms with Crippen molar-refractivity contribution in [2.24, 2.45) is 5.92 Å². The quantitative estimate of drug-likeness (QED) is 0.789. The van der Waals surface area contributed by atoms with Crippen LogP contribution in [0.5, 0.6) is 5.75 Å². The van der Waals surface area contributed by atoms with Gasteiger partial charge in [-0.15, -0.1) is 5.06 Å². The number of nitrogens with zero attached hydrogens (tertiary/aromatic N) is 2. The Morgan fingerprint density at radius 3 is 2.72 bits per heavy atom. The molecular formula is C18H23N3O4. The molecule has 0 aliphatic carbocycles. The molecule has 4 rings (SSSR count). The molecule has 0 spiro atoms. The van der Waals surface area contributed by atoms with Gasteiger partial charge in [-0.05, 0) is 43.4 Å². The van der Waals surface area contributed by atoms with E-state index in [1.807, 2.05) is 12.1 Å². The molecule has 3 aliphatic rings. The van der Waals surface area contributed by atoms with Crippen molar-refractivity contribution in [3.05, 3.63) is 23.8 Å². The van der Waals surface area contributed by atoms with Gasteiger partial charge in [0.05, 0.1) is 6.54 Å². The third kappa shape index (κ3) is 3.21. The average Bonchev–Trinajstić information content (AvgIpc) is 3.04. The zero-order valence-corrected chi connectivity index (χ0v) is 14.1. The number of hydrogen-bond acceptors (Lipinski definition) is 6. The van der Waals surface area contributed by atoms with E-state index < -0.39 is 6.04 Å². The van der Waals surface area contributed by atoms with Crippen molar-refractivity contribution in [2.45, 2.75) is 38.3 Å². The fourth-order valence-electron chi connectivity index (χ4n) is 3.81. The lowest BCUT2D eigenvalue weighted by atomic mass is 9.97. The lowest BCUT2D eigenvalue weighted by molar-refractivity contribution is -0.151. The lowest BCUT2D eigenvalue weighted by Crippen LogP contribution is -2.52. The monoisotopic (exact) mass is 345 g/mol. The Morgan fingerprint density at radius 2 is 2.00 bits per heavy atom. The number of carbonyl (C=O) groups excluding carboxylic acids is 2. The topological polar surface area (TPSA) is 82.1 Å². The standard InChI is InChI=1S/C18H23N3O4/c22-11-12-5-7-20(8-6-12)14-1-3-16-13(9-14)10-21(25-16)15-2-4-17(23)19-18(15)24/h1,3,9,12,15,22H,2,4-8,10-11H2,(H,19,23,24). The lowest BCUT2D eigenvalue weighted by Gasteiger charge is -2.33. The van der Waals surface area contributed by atoms with E-state index in [1.165, 1.54) is 0 Å². The summed E-state index contributed by atoms with van der Waals surface area (Å²) < 4.78 is 0. The summed E-state index contributed by atoms with van der Waals surface area (Å²) in [5.74, 6) is 0.692. The van der Waals surface area contributed by atoms with Crippen LogP contribution >= 0.6 is 0 Å². The highest BCUT2D eigenvalue weighted by Gasteiger charge is 2.36. The minimum atomic E-state index is -0.422. The molecule has 0 bridgehead atoms. The predicted octanol–water partition coefficient (Wildman–Crippen LogP) is 0.810. The van der Waals surface area contributed by atoms with Crippen LogP contribution in [-0.4, -0.2) is 47.7 Å². The van der Waals surface area contributed by atoms with E-state index in [1.54, 1.807) is 5.06 Å². The summed E-state index contributed by atoms with van der Waals surface area (Å²) in [6.07, 6.45) is 2.84. The van der Waals surface area contributed by atoms with Crippen molar-refractivity contribution >= 4 is 17.5 Å². The summed E-state index contributed by atoms with van der Waals surface area (Å²) >= 11 is 0. The van der Waals surface area contributed by atoms with E-state index in [9.17, 15) is 14.7 Å². The molecule has 2 saturated heterocycles. The number of aliphatic hydroxyl groups excluding tert-OH is 1. The second kappa shape index (κ2) is 6.65. The molecule has 1 unspecified atom stereocenters. The first-order valence-electron chi connectivity index (χ1n) is 8.91. The molecule has 1 atom stereocenters. The summed E-state index contributed by atoms with van der Waals surface area (Å²) in [6, 6.07) is 5.70. The van der Waals surface area contributed by atoms with Gasteiger partial charge < -0.3 is 14.8 Å². The van der Waals surface area contributed by atoms with Gasteiger partial charge in [0.1, 0.15) is 6.04 Å². The number of benzene rings is 1. The Labute approximate surface area is 146 Å². The van der Waals surface area contributed by atoms with Crippen molar-refractivity contribution in [3.8, 4) is 5.75 Å². The molecule has 25 heavy (non-hydrogen) atoms. The largest absolute Gasteiger partial charge is 0.405 e. The van der Waals surface area contributed by atoms with Gasteiger partial charge >= 0.3 is 0 Å². The minimum Gasteiger partial charge on any atom is -0.405 e. The van der Waals surface area contributed by atoms with Crippen molar-refractivity contribution in [2.75, 3.05) is 24.6 Å². The van der Waals surface area contributed by atoms with Crippen LogP contribution in [0, 0.1) is 5.92 Å². The Hall–Kier alpha value is -2.12. The van der Waals surface area contributed by atoms with Gasteiger partial charge in [-0.25, -0.2) is 0 Å². The first-order chi connectivity index (χ1) is 12.1. The van der Waals surface area contributed by atoms with Crippen LogP contribution in [0.2, 0.25) is 0 Å². The molecule has 1 aromatic rings. The summed E-state index contributed by atoms with van der Waals surface area (Å²) in [5, 5.41) is 13.3. The van der Waals surface area contributed by atoms with Gasteiger partial charge in [0.25, 0.3) is 0 Å². The number of hydroxylamine groups is 2. The SMILES string of the molecule is O=C1CCC(N2Cc3cc(N4CCC(CO)CC4)ccc3O2)C(=O)N1. The van der Waals surface area contributed by atoms with Crippen LogP contribution in [0.25, 0.3) is 0 Å². The molecule has 134 valence electrons. The number of rotatable bonds is 3. The maximum Gasteiger partial charge on any atom is 0.247 e. The fourth-order valence-corrected chi connectivity index (χ4v) is 3.81. The molecule has 0 radical (unpaired) electrons. The molecule has 3 aliphatic heterocycles. The summed E-state index contributed by atoms with van der Waals surface area (Å²) in [4.78, 5) is 31.5. The maximum absolute atomic E-state index is 12.0. The number of anilines is 1. The molecular weight excluding hydrogens is 322 g/mol. The first-order valence-corrected chi connectivity index (χ1v) is 8.91. The summed E-state index contributed by atoms with van der Waals surface area (Å²) in [5.41, 5.74) is 2.22. The van der Waals surface area contributed by atoms with E-state index in [0.29, 0.717) is 25.3 Å². The molecule has 7 nitrogen and oxygen atoms in total. The highest BCUT2D eigenvalue weighted by Crippen LogP contribution is 2.35. The van der Waals surface area contributed by atoms with Crippen LogP contribution < -0.4 is 15.1 Å². The predicted molar refractivity (Wildman–Crippen MR) is 90.8 cm³/mol. The van der Waals surface area contributed by atoms with Gasteiger partial charge in [-0.2, -0.15) is 0 Å². The number of imide groups is 1. The second-order valence-corrected chi connectivity index (χ2v) is 7.04. The van der Waals surface area contributed by atoms with Crippen molar-refractivity contribution in [3.63, 3.8) is 0 Å². The van der Waals surface area contributed by atoms with Crippen LogP contribution in [0.15, 0.2) is 18.2 Å². The van der Waals surface area contributed by atoms with Crippen LogP contribution in [0.4, 0.5) is 5.69 Å².